The smallest absolute Gasteiger partial charge is 0.122 e. The van der Waals surface area contributed by atoms with Crippen molar-refractivity contribution in [2.24, 2.45) is 0 Å². The van der Waals surface area contributed by atoms with Crippen molar-refractivity contribution < 1.29 is 9.84 Å². The van der Waals surface area contributed by atoms with Crippen LogP contribution in [0.15, 0.2) is 36.9 Å². The monoisotopic (exact) mass is 178 g/mol. The Kier molecular flexibility index (Phi) is 3.53. The first-order valence-electron chi connectivity index (χ1n) is 4.20. The van der Waals surface area contributed by atoms with Crippen LogP contribution >= 0.6 is 0 Å². The van der Waals surface area contributed by atoms with Crippen molar-refractivity contribution in [1.82, 2.24) is 0 Å². The van der Waals surface area contributed by atoms with Gasteiger partial charge in [0.1, 0.15) is 5.75 Å². The van der Waals surface area contributed by atoms with Gasteiger partial charge in [-0.25, -0.2) is 0 Å². The molecule has 70 valence electrons. The summed E-state index contributed by atoms with van der Waals surface area (Å²) in [5.41, 5.74) is 0.998. The molecule has 0 fully saturated rings. The van der Waals surface area contributed by atoms with E-state index < -0.39 is 6.10 Å². The number of ether oxygens (including phenoxy) is 1. The molecule has 1 rings (SSSR count). The Morgan fingerprint density at radius 2 is 2.23 bits per heavy atom. The van der Waals surface area contributed by atoms with Gasteiger partial charge in [-0.1, -0.05) is 24.3 Å². The third-order valence-electron chi connectivity index (χ3n) is 1.89. The maximum Gasteiger partial charge on any atom is 0.122 e. The highest BCUT2D eigenvalue weighted by Crippen LogP contribution is 2.18. The molecule has 0 radical (unpaired) electrons. The summed E-state index contributed by atoms with van der Waals surface area (Å²) in [6.45, 7) is 3.52. The van der Waals surface area contributed by atoms with E-state index in [1.165, 1.54) is 6.08 Å². The molecule has 0 heterocycles. The van der Waals surface area contributed by atoms with E-state index in [0.29, 0.717) is 6.42 Å². The quantitative estimate of drug-likeness (QED) is 0.712. The third kappa shape index (κ3) is 2.60. The number of rotatable bonds is 4. The van der Waals surface area contributed by atoms with Gasteiger partial charge in [0, 0.05) is 6.42 Å². The minimum absolute atomic E-state index is 0.503. The van der Waals surface area contributed by atoms with Crippen molar-refractivity contribution >= 4 is 0 Å². The molecule has 0 amide bonds. The summed E-state index contributed by atoms with van der Waals surface area (Å²) < 4.78 is 5.15. The van der Waals surface area contributed by atoms with Gasteiger partial charge in [-0.2, -0.15) is 0 Å². The molecule has 1 N–H and O–H groups in total. The van der Waals surface area contributed by atoms with E-state index in [2.05, 4.69) is 6.58 Å². The SMILES string of the molecule is C=CC(O)Cc1ccccc1OC. The van der Waals surface area contributed by atoms with E-state index in [0.717, 1.165) is 11.3 Å². The summed E-state index contributed by atoms with van der Waals surface area (Å²) in [4.78, 5) is 0. The molecular weight excluding hydrogens is 164 g/mol. The van der Waals surface area contributed by atoms with Crippen LogP contribution < -0.4 is 4.74 Å². The molecule has 0 saturated carbocycles. The fraction of sp³-hybridized carbons (Fsp3) is 0.273. The first kappa shape index (κ1) is 9.81. The summed E-state index contributed by atoms with van der Waals surface area (Å²) in [5.74, 6) is 0.809. The fourth-order valence-corrected chi connectivity index (χ4v) is 1.18. The highest BCUT2D eigenvalue weighted by Gasteiger charge is 2.05. The standard InChI is InChI=1S/C11H14O2/c1-3-10(12)8-9-6-4-5-7-11(9)13-2/h3-7,10,12H,1,8H2,2H3. The first-order chi connectivity index (χ1) is 6.27. The molecule has 13 heavy (non-hydrogen) atoms. The third-order valence-corrected chi connectivity index (χ3v) is 1.89. The second kappa shape index (κ2) is 4.67. The van der Waals surface area contributed by atoms with Crippen LogP contribution in [0.3, 0.4) is 0 Å². The molecule has 0 aliphatic heterocycles. The zero-order valence-corrected chi connectivity index (χ0v) is 7.73. The summed E-state index contributed by atoms with van der Waals surface area (Å²) in [6, 6.07) is 7.65. The lowest BCUT2D eigenvalue weighted by molar-refractivity contribution is 0.222. The van der Waals surface area contributed by atoms with Crippen LogP contribution in [0.4, 0.5) is 0 Å². The number of para-hydroxylation sites is 1. The summed E-state index contributed by atoms with van der Waals surface area (Å²) in [6.07, 6.45) is 1.57. The van der Waals surface area contributed by atoms with Crippen molar-refractivity contribution in [1.29, 1.82) is 0 Å². The molecule has 0 aromatic heterocycles. The number of hydrogen-bond acceptors (Lipinski definition) is 2. The normalized spacial score (nSPS) is 12.2. The van der Waals surface area contributed by atoms with Crippen LogP contribution in [-0.4, -0.2) is 18.3 Å². The average Bonchev–Trinajstić information content (AvgIpc) is 2.18. The van der Waals surface area contributed by atoms with Gasteiger partial charge in [-0.3, -0.25) is 0 Å². The van der Waals surface area contributed by atoms with Gasteiger partial charge in [0.05, 0.1) is 13.2 Å². The van der Waals surface area contributed by atoms with Crippen molar-refractivity contribution in [3.63, 3.8) is 0 Å². The predicted octanol–water partition coefficient (Wildman–Crippen LogP) is 1.78. The van der Waals surface area contributed by atoms with Crippen LogP contribution in [0.25, 0.3) is 0 Å². The Hall–Kier alpha value is -1.28. The molecule has 0 bridgehead atoms. The predicted molar refractivity (Wildman–Crippen MR) is 52.9 cm³/mol. The van der Waals surface area contributed by atoms with Crippen LogP contribution in [0.1, 0.15) is 5.56 Å². The van der Waals surface area contributed by atoms with Gasteiger partial charge in [-0.15, -0.1) is 6.58 Å². The summed E-state index contributed by atoms with van der Waals surface area (Å²) >= 11 is 0. The van der Waals surface area contributed by atoms with Gasteiger partial charge in [0.2, 0.25) is 0 Å². The van der Waals surface area contributed by atoms with Crippen molar-refractivity contribution in [3.8, 4) is 5.75 Å². The molecule has 2 heteroatoms. The summed E-state index contributed by atoms with van der Waals surface area (Å²) in [7, 11) is 1.62. The number of benzene rings is 1. The Morgan fingerprint density at radius 3 is 2.85 bits per heavy atom. The first-order valence-corrected chi connectivity index (χ1v) is 4.20. The Morgan fingerprint density at radius 1 is 1.54 bits per heavy atom. The summed E-state index contributed by atoms with van der Waals surface area (Å²) in [5, 5.41) is 9.36. The molecule has 0 aliphatic carbocycles. The van der Waals surface area contributed by atoms with E-state index >= 15 is 0 Å². The molecular formula is C11H14O2. The Labute approximate surface area is 78.5 Å². The fourth-order valence-electron chi connectivity index (χ4n) is 1.18. The zero-order chi connectivity index (χ0) is 9.68. The maximum absolute atomic E-state index is 9.36. The van der Waals surface area contributed by atoms with Gasteiger partial charge in [-0.05, 0) is 11.6 Å². The largest absolute Gasteiger partial charge is 0.496 e. The number of methoxy groups -OCH3 is 1. The zero-order valence-electron chi connectivity index (χ0n) is 7.73. The van der Waals surface area contributed by atoms with Crippen LogP contribution in [-0.2, 0) is 6.42 Å². The average molecular weight is 178 g/mol. The second-order valence-electron chi connectivity index (χ2n) is 2.82. The topological polar surface area (TPSA) is 29.5 Å². The minimum Gasteiger partial charge on any atom is -0.496 e. The molecule has 2 nitrogen and oxygen atoms in total. The minimum atomic E-state index is -0.503. The Balaban J connectivity index is 2.80. The van der Waals surface area contributed by atoms with Crippen molar-refractivity contribution in [2.45, 2.75) is 12.5 Å². The number of hydrogen-bond donors (Lipinski definition) is 1. The molecule has 0 saturated heterocycles. The van der Waals surface area contributed by atoms with Gasteiger partial charge in [0.15, 0.2) is 0 Å². The van der Waals surface area contributed by atoms with E-state index in [9.17, 15) is 5.11 Å². The lowest BCUT2D eigenvalue weighted by Gasteiger charge is -2.09. The Bertz CT molecular complexity index is 281. The second-order valence-corrected chi connectivity index (χ2v) is 2.82. The van der Waals surface area contributed by atoms with Crippen molar-refractivity contribution in [2.75, 3.05) is 7.11 Å². The van der Waals surface area contributed by atoms with Crippen LogP contribution in [0, 0.1) is 0 Å². The van der Waals surface area contributed by atoms with Gasteiger partial charge >= 0.3 is 0 Å². The van der Waals surface area contributed by atoms with E-state index in [4.69, 9.17) is 4.74 Å². The van der Waals surface area contributed by atoms with Gasteiger partial charge < -0.3 is 9.84 Å². The van der Waals surface area contributed by atoms with Crippen molar-refractivity contribution in [3.05, 3.63) is 42.5 Å². The van der Waals surface area contributed by atoms with Crippen LogP contribution in [0.5, 0.6) is 5.75 Å². The molecule has 0 aliphatic rings. The van der Waals surface area contributed by atoms with Crippen LogP contribution in [0.2, 0.25) is 0 Å². The molecule has 0 spiro atoms. The van der Waals surface area contributed by atoms with E-state index in [1.54, 1.807) is 7.11 Å². The van der Waals surface area contributed by atoms with E-state index in [-0.39, 0.29) is 0 Å². The highest BCUT2D eigenvalue weighted by molar-refractivity contribution is 5.33. The number of aliphatic hydroxyl groups is 1. The molecule has 1 aromatic carbocycles. The van der Waals surface area contributed by atoms with Gasteiger partial charge in [0.25, 0.3) is 0 Å². The lowest BCUT2D eigenvalue weighted by Crippen LogP contribution is -2.06. The van der Waals surface area contributed by atoms with E-state index in [1.807, 2.05) is 24.3 Å². The lowest BCUT2D eigenvalue weighted by atomic mass is 10.1. The maximum atomic E-state index is 9.36. The molecule has 1 unspecified atom stereocenters. The number of aliphatic hydroxyl groups excluding tert-OH is 1. The molecule has 1 atom stereocenters. The molecule has 1 aromatic rings. The highest BCUT2D eigenvalue weighted by atomic mass is 16.5.